The van der Waals surface area contributed by atoms with Gasteiger partial charge in [0.25, 0.3) is 5.69 Å². The molecule has 2 heterocycles. The Kier molecular flexibility index (Phi) is 5.35. The Labute approximate surface area is 202 Å². The summed E-state index contributed by atoms with van der Waals surface area (Å²) in [5, 5.41) is 22.2. The molecule has 0 fully saturated rings. The van der Waals surface area contributed by atoms with Gasteiger partial charge in [-0.2, -0.15) is 5.10 Å². The van der Waals surface area contributed by atoms with Gasteiger partial charge in [0.05, 0.1) is 24.8 Å². The second kappa shape index (κ2) is 8.26. The first-order valence-corrected chi connectivity index (χ1v) is 11.3. The van der Waals surface area contributed by atoms with E-state index in [4.69, 9.17) is 9.47 Å². The number of fused-ring (bicyclic) bond motifs is 1. The summed E-state index contributed by atoms with van der Waals surface area (Å²) in [6, 6.07) is 12.0. The number of methoxy groups -OCH3 is 2. The molecule has 1 aliphatic heterocycles. The third kappa shape index (κ3) is 3.82. The second-order valence-electron chi connectivity index (χ2n) is 9.67. The van der Waals surface area contributed by atoms with E-state index < -0.39 is 10.8 Å². The maximum Gasteiger partial charge on any atom is 0.269 e. The van der Waals surface area contributed by atoms with Crippen LogP contribution in [-0.2, 0) is 4.79 Å². The van der Waals surface area contributed by atoms with E-state index in [0.717, 1.165) is 28.8 Å². The first-order valence-electron chi connectivity index (χ1n) is 11.3. The van der Waals surface area contributed by atoms with Gasteiger partial charge >= 0.3 is 0 Å². The van der Waals surface area contributed by atoms with E-state index in [1.54, 1.807) is 26.4 Å². The van der Waals surface area contributed by atoms with Crippen molar-refractivity contribution >= 4 is 17.3 Å². The Hall–Kier alpha value is -4.14. The third-order valence-electron chi connectivity index (χ3n) is 6.68. The number of aromatic amines is 1. The predicted octanol–water partition coefficient (Wildman–Crippen LogP) is 5.20. The highest BCUT2D eigenvalue weighted by Crippen LogP contribution is 2.51. The molecule has 2 aliphatic rings. The molecule has 2 aromatic carbocycles. The minimum Gasteiger partial charge on any atom is -0.493 e. The van der Waals surface area contributed by atoms with Crippen LogP contribution in [0.3, 0.4) is 0 Å². The van der Waals surface area contributed by atoms with Gasteiger partial charge in [-0.3, -0.25) is 20.0 Å². The molecule has 1 aliphatic carbocycles. The number of carbonyl (C=O) groups is 1. The average molecular weight is 475 g/mol. The fourth-order valence-electron chi connectivity index (χ4n) is 5.13. The summed E-state index contributed by atoms with van der Waals surface area (Å²) in [5.41, 5.74) is 4.56. The minimum atomic E-state index is -0.431. The van der Waals surface area contributed by atoms with Gasteiger partial charge in [0.15, 0.2) is 23.1 Å². The van der Waals surface area contributed by atoms with Gasteiger partial charge in [-0.15, -0.1) is 0 Å². The second-order valence-corrected chi connectivity index (χ2v) is 9.67. The molecule has 180 valence electrons. The maximum atomic E-state index is 13.5. The van der Waals surface area contributed by atoms with E-state index in [-0.39, 0.29) is 16.9 Å². The molecule has 9 heteroatoms. The van der Waals surface area contributed by atoms with Crippen molar-refractivity contribution in [1.29, 1.82) is 0 Å². The summed E-state index contributed by atoms with van der Waals surface area (Å²) in [7, 11) is 3.16. The Morgan fingerprint density at radius 3 is 2.43 bits per heavy atom. The lowest BCUT2D eigenvalue weighted by molar-refractivity contribution is -0.384. The van der Waals surface area contributed by atoms with E-state index in [9.17, 15) is 14.9 Å². The summed E-state index contributed by atoms with van der Waals surface area (Å²) in [6.45, 7) is 4.17. The highest BCUT2D eigenvalue weighted by molar-refractivity contribution is 6.02. The topological polar surface area (TPSA) is 119 Å². The van der Waals surface area contributed by atoms with Crippen LogP contribution >= 0.6 is 0 Å². The van der Waals surface area contributed by atoms with Crippen molar-refractivity contribution in [3.05, 3.63) is 75.0 Å². The van der Waals surface area contributed by atoms with Gasteiger partial charge in [0.1, 0.15) is 0 Å². The smallest absolute Gasteiger partial charge is 0.269 e. The molecule has 0 spiro atoms. The molecule has 0 saturated carbocycles. The van der Waals surface area contributed by atoms with Crippen molar-refractivity contribution in [3.8, 4) is 22.8 Å². The van der Waals surface area contributed by atoms with Crippen LogP contribution in [-0.4, -0.2) is 35.1 Å². The molecule has 0 unspecified atom stereocenters. The van der Waals surface area contributed by atoms with Crippen LogP contribution in [0.4, 0.5) is 11.5 Å². The van der Waals surface area contributed by atoms with E-state index in [2.05, 4.69) is 29.4 Å². The highest BCUT2D eigenvalue weighted by Gasteiger charge is 2.43. The van der Waals surface area contributed by atoms with Crippen LogP contribution in [0.15, 0.2) is 53.7 Å². The number of nitro groups is 1. The standard InChI is InChI=1S/C26H26N4O5/c1-26(2)12-17-22(18(31)13-26)21(15-7-10-19(34-3)20(11-15)35-4)23-24(28-29-25(23)27-17)14-5-8-16(9-6-14)30(32)33/h5-11,21H,12-13H2,1-4H3,(H2,27,28,29)/t21-/m1/s1. The molecule has 0 saturated heterocycles. The molecule has 9 nitrogen and oxygen atoms in total. The van der Waals surface area contributed by atoms with Gasteiger partial charge < -0.3 is 14.8 Å². The number of nitrogens with zero attached hydrogens (tertiary/aromatic N) is 2. The number of allylic oxidation sites excluding steroid dienone is 2. The molecule has 0 amide bonds. The van der Waals surface area contributed by atoms with Crippen LogP contribution in [0.25, 0.3) is 11.3 Å². The van der Waals surface area contributed by atoms with Crippen molar-refractivity contribution in [1.82, 2.24) is 10.2 Å². The Bertz CT molecular complexity index is 1370. The number of H-pyrrole nitrogens is 1. The van der Waals surface area contributed by atoms with Crippen molar-refractivity contribution in [3.63, 3.8) is 0 Å². The van der Waals surface area contributed by atoms with Crippen molar-refractivity contribution in [2.24, 2.45) is 5.41 Å². The molecule has 1 aromatic heterocycles. The number of hydrogen-bond acceptors (Lipinski definition) is 7. The summed E-state index contributed by atoms with van der Waals surface area (Å²) >= 11 is 0. The van der Waals surface area contributed by atoms with Crippen LogP contribution < -0.4 is 14.8 Å². The molecule has 2 N–H and O–H groups in total. The number of carbonyl (C=O) groups excluding carboxylic acids is 1. The number of ether oxygens (including phenoxy) is 2. The molecule has 0 radical (unpaired) electrons. The van der Waals surface area contributed by atoms with Gasteiger partial charge in [0.2, 0.25) is 0 Å². The van der Waals surface area contributed by atoms with Crippen LogP contribution in [0.1, 0.15) is 43.7 Å². The maximum absolute atomic E-state index is 13.5. The lowest BCUT2D eigenvalue weighted by Gasteiger charge is -2.38. The Morgan fingerprint density at radius 2 is 1.77 bits per heavy atom. The van der Waals surface area contributed by atoms with E-state index in [1.165, 1.54) is 12.1 Å². The number of hydrogen-bond donors (Lipinski definition) is 2. The Morgan fingerprint density at radius 1 is 1.06 bits per heavy atom. The predicted molar refractivity (Wildman–Crippen MR) is 131 cm³/mol. The van der Waals surface area contributed by atoms with Crippen molar-refractivity contribution in [2.75, 3.05) is 19.5 Å². The zero-order chi connectivity index (χ0) is 24.9. The number of aromatic nitrogens is 2. The van der Waals surface area contributed by atoms with Crippen molar-refractivity contribution in [2.45, 2.75) is 32.6 Å². The SMILES string of the molecule is COc1ccc([C@@H]2C3=C(CC(C)(C)CC3=O)Nc3n[nH]c(-c4ccc([N+](=O)[O-])cc4)c32)cc1OC. The number of Topliss-reactive ketones (excluding diaryl/α,β-unsaturated/α-hetero) is 1. The molecule has 3 aromatic rings. The zero-order valence-corrected chi connectivity index (χ0v) is 20.0. The molecule has 1 atom stereocenters. The molecular formula is C26H26N4O5. The molecule has 35 heavy (non-hydrogen) atoms. The first-order chi connectivity index (χ1) is 16.7. The Balaban J connectivity index is 1.71. The number of rotatable bonds is 5. The first kappa shape index (κ1) is 22.6. The summed E-state index contributed by atoms with van der Waals surface area (Å²) < 4.78 is 11.0. The summed E-state index contributed by atoms with van der Waals surface area (Å²) in [6.07, 6.45) is 1.16. The number of non-ortho nitro benzene ring substituents is 1. The number of anilines is 1. The summed E-state index contributed by atoms with van der Waals surface area (Å²) in [5.74, 6) is 1.50. The van der Waals surface area contributed by atoms with E-state index in [0.29, 0.717) is 35.0 Å². The number of nitro benzene ring substituents is 1. The monoisotopic (exact) mass is 474 g/mol. The van der Waals surface area contributed by atoms with Crippen molar-refractivity contribution < 1.29 is 19.2 Å². The van der Waals surface area contributed by atoms with Gasteiger partial charge in [-0.1, -0.05) is 19.9 Å². The summed E-state index contributed by atoms with van der Waals surface area (Å²) in [4.78, 5) is 24.3. The molecule has 0 bridgehead atoms. The highest BCUT2D eigenvalue weighted by atomic mass is 16.6. The molecule has 5 rings (SSSR count). The fraction of sp³-hybridized carbons (Fsp3) is 0.308. The van der Waals surface area contributed by atoms with Crippen LogP contribution in [0.2, 0.25) is 0 Å². The average Bonchev–Trinajstić information content (AvgIpc) is 3.25. The quantitative estimate of drug-likeness (QED) is 0.385. The van der Waals surface area contributed by atoms with Gasteiger partial charge in [-0.05, 0) is 41.7 Å². The van der Waals surface area contributed by atoms with E-state index >= 15 is 0 Å². The molecular weight excluding hydrogens is 448 g/mol. The van der Waals surface area contributed by atoms with Crippen LogP contribution in [0.5, 0.6) is 11.5 Å². The zero-order valence-electron chi connectivity index (χ0n) is 20.0. The van der Waals surface area contributed by atoms with E-state index in [1.807, 2.05) is 18.2 Å². The third-order valence-corrected chi connectivity index (χ3v) is 6.68. The van der Waals surface area contributed by atoms with Gasteiger partial charge in [0, 0.05) is 46.9 Å². The fourth-order valence-corrected chi connectivity index (χ4v) is 5.13. The lowest BCUT2D eigenvalue weighted by Crippen LogP contribution is -2.33. The van der Waals surface area contributed by atoms with Crippen LogP contribution in [0, 0.1) is 15.5 Å². The minimum absolute atomic E-state index is 0.00591. The normalized spacial score (nSPS) is 18.4. The van der Waals surface area contributed by atoms with Gasteiger partial charge in [-0.25, -0.2) is 0 Å². The largest absolute Gasteiger partial charge is 0.493 e. The lowest BCUT2D eigenvalue weighted by atomic mass is 9.69. The number of ketones is 1. The number of nitrogens with one attached hydrogen (secondary N) is 2. The number of benzene rings is 2.